The second-order valence-electron chi connectivity index (χ2n) is 5.19. The molecule has 0 saturated carbocycles. The Morgan fingerprint density at radius 1 is 1.33 bits per heavy atom. The number of carbonyl (C=O) groups is 2. The number of carboxylic acids is 1. The molecule has 1 fully saturated rings. The van der Waals surface area contributed by atoms with Crippen molar-refractivity contribution in [2.24, 2.45) is 11.1 Å². The van der Waals surface area contributed by atoms with Crippen LogP contribution in [0.25, 0.3) is 0 Å². The first-order valence-electron chi connectivity index (χ1n) is 6.72. The average Bonchev–Trinajstić information content (AvgIpc) is 2.38. The van der Waals surface area contributed by atoms with Crippen LogP contribution in [0.1, 0.15) is 46.0 Å². The highest BCUT2D eigenvalue weighted by molar-refractivity contribution is 5.78. The summed E-state index contributed by atoms with van der Waals surface area (Å²) in [5.74, 6) is -0.679. The molecule has 0 aromatic heterocycles. The lowest BCUT2D eigenvalue weighted by Crippen LogP contribution is -2.47. The highest BCUT2D eigenvalue weighted by atomic mass is 16.4. The average molecular weight is 256 g/mol. The van der Waals surface area contributed by atoms with Crippen LogP contribution in [0, 0.1) is 5.41 Å². The van der Waals surface area contributed by atoms with Gasteiger partial charge in [-0.15, -0.1) is 0 Å². The summed E-state index contributed by atoms with van der Waals surface area (Å²) in [6, 6.07) is -0.0881. The molecule has 1 atom stereocenters. The second-order valence-corrected chi connectivity index (χ2v) is 5.19. The number of nitrogens with zero attached hydrogens (tertiary/aromatic N) is 1. The van der Waals surface area contributed by atoms with Crippen molar-refractivity contribution in [2.45, 2.75) is 52.0 Å². The minimum Gasteiger partial charge on any atom is -0.481 e. The fraction of sp³-hybridized carbons (Fsp3) is 0.846. The monoisotopic (exact) mass is 256 g/mol. The van der Waals surface area contributed by atoms with E-state index in [1.165, 1.54) is 0 Å². The molecule has 1 saturated heterocycles. The Morgan fingerprint density at radius 3 is 2.28 bits per heavy atom. The van der Waals surface area contributed by atoms with Crippen LogP contribution < -0.4 is 5.73 Å². The number of hydrogen-bond acceptors (Lipinski definition) is 3. The van der Waals surface area contributed by atoms with Gasteiger partial charge in [-0.25, -0.2) is 0 Å². The van der Waals surface area contributed by atoms with E-state index in [2.05, 4.69) is 0 Å². The van der Waals surface area contributed by atoms with E-state index in [9.17, 15) is 14.7 Å². The fourth-order valence-electron chi connectivity index (χ4n) is 2.40. The molecule has 104 valence electrons. The molecule has 5 nitrogen and oxygen atoms in total. The molecule has 1 aliphatic rings. The van der Waals surface area contributed by atoms with Gasteiger partial charge in [0.1, 0.15) is 0 Å². The zero-order chi connectivity index (χ0) is 13.8. The first-order valence-corrected chi connectivity index (χ1v) is 6.72. The van der Waals surface area contributed by atoms with Crippen LogP contribution in [0.3, 0.4) is 0 Å². The van der Waals surface area contributed by atoms with Gasteiger partial charge in [0.05, 0.1) is 5.41 Å². The van der Waals surface area contributed by atoms with Crippen LogP contribution in [0.5, 0.6) is 0 Å². The van der Waals surface area contributed by atoms with E-state index >= 15 is 0 Å². The van der Waals surface area contributed by atoms with Crippen molar-refractivity contribution in [3.63, 3.8) is 0 Å². The van der Waals surface area contributed by atoms with Crippen molar-refractivity contribution in [2.75, 3.05) is 13.1 Å². The summed E-state index contributed by atoms with van der Waals surface area (Å²) >= 11 is 0. The molecule has 0 aromatic carbocycles. The molecule has 1 aliphatic heterocycles. The van der Waals surface area contributed by atoms with Crippen LogP contribution in [0.2, 0.25) is 0 Å². The number of rotatable bonds is 5. The number of hydrogen-bond donors (Lipinski definition) is 2. The lowest BCUT2D eigenvalue weighted by atomic mass is 9.76. The number of piperidine rings is 1. The maximum atomic E-state index is 11.9. The Bertz CT molecular complexity index is 309. The Hall–Kier alpha value is -1.10. The Labute approximate surface area is 108 Å². The second kappa shape index (κ2) is 6.18. The van der Waals surface area contributed by atoms with Gasteiger partial charge < -0.3 is 15.7 Å². The first-order chi connectivity index (χ1) is 8.45. The molecule has 0 bridgehead atoms. The third-order valence-electron chi connectivity index (χ3n) is 4.16. The highest BCUT2D eigenvalue weighted by Gasteiger charge is 2.40. The van der Waals surface area contributed by atoms with Crippen molar-refractivity contribution in [1.29, 1.82) is 0 Å². The lowest BCUT2D eigenvalue weighted by Gasteiger charge is -2.38. The number of carboxylic acid groups (broad SMARTS) is 1. The summed E-state index contributed by atoms with van der Waals surface area (Å²) in [4.78, 5) is 25.0. The van der Waals surface area contributed by atoms with Crippen LogP contribution in [-0.2, 0) is 9.59 Å². The van der Waals surface area contributed by atoms with E-state index in [1.54, 1.807) is 4.90 Å². The van der Waals surface area contributed by atoms with E-state index in [1.807, 2.05) is 13.8 Å². The van der Waals surface area contributed by atoms with Crippen molar-refractivity contribution in [1.82, 2.24) is 4.90 Å². The molecule has 1 amide bonds. The summed E-state index contributed by atoms with van der Waals surface area (Å²) in [7, 11) is 0. The molecule has 1 rings (SSSR count). The predicted molar refractivity (Wildman–Crippen MR) is 69.1 cm³/mol. The SMILES string of the molecule is CCC(N)CC(=O)N1CCC(CC)(C(=O)O)CC1. The molecule has 1 unspecified atom stereocenters. The minimum absolute atomic E-state index is 0.0550. The number of carbonyl (C=O) groups excluding carboxylic acids is 1. The Morgan fingerprint density at radius 2 is 1.89 bits per heavy atom. The third-order valence-corrected chi connectivity index (χ3v) is 4.16. The molecule has 3 N–H and O–H groups in total. The van der Waals surface area contributed by atoms with Gasteiger partial charge in [0.15, 0.2) is 0 Å². The van der Waals surface area contributed by atoms with Crippen molar-refractivity contribution >= 4 is 11.9 Å². The predicted octanol–water partition coefficient (Wildman–Crippen LogP) is 1.22. The number of nitrogens with two attached hydrogens (primary N) is 1. The maximum absolute atomic E-state index is 11.9. The van der Waals surface area contributed by atoms with E-state index in [0.29, 0.717) is 38.8 Å². The van der Waals surface area contributed by atoms with Gasteiger partial charge in [-0.3, -0.25) is 9.59 Å². The van der Waals surface area contributed by atoms with Gasteiger partial charge in [-0.05, 0) is 25.7 Å². The smallest absolute Gasteiger partial charge is 0.309 e. The number of likely N-dealkylation sites (tertiary alicyclic amines) is 1. The zero-order valence-corrected chi connectivity index (χ0v) is 11.3. The van der Waals surface area contributed by atoms with Crippen LogP contribution in [0.15, 0.2) is 0 Å². The molecule has 5 heteroatoms. The molecule has 0 radical (unpaired) electrons. The lowest BCUT2D eigenvalue weighted by molar-refractivity contribution is -0.154. The fourth-order valence-corrected chi connectivity index (χ4v) is 2.40. The molecule has 0 spiro atoms. The summed E-state index contributed by atoms with van der Waals surface area (Å²) < 4.78 is 0. The van der Waals surface area contributed by atoms with Gasteiger partial charge in [0, 0.05) is 25.6 Å². The number of aliphatic carboxylic acids is 1. The molecule has 1 heterocycles. The summed E-state index contributed by atoms with van der Waals surface area (Å²) in [6.45, 7) is 4.93. The molecule has 0 aliphatic carbocycles. The van der Waals surface area contributed by atoms with Crippen LogP contribution in [0.4, 0.5) is 0 Å². The molecule has 0 aromatic rings. The van der Waals surface area contributed by atoms with Crippen molar-refractivity contribution in [3.05, 3.63) is 0 Å². The third kappa shape index (κ3) is 3.22. The van der Waals surface area contributed by atoms with E-state index in [4.69, 9.17) is 5.73 Å². The van der Waals surface area contributed by atoms with Crippen molar-refractivity contribution < 1.29 is 14.7 Å². The van der Waals surface area contributed by atoms with E-state index in [-0.39, 0.29) is 11.9 Å². The van der Waals surface area contributed by atoms with Gasteiger partial charge in [-0.2, -0.15) is 0 Å². The zero-order valence-electron chi connectivity index (χ0n) is 11.3. The Balaban J connectivity index is 2.53. The standard InChI is InChI=1S/C13H24N2O3/c1-3-10(14)9-11(16)15-7-5-13(4-2,6-8-15)12(17)18/h10H,3-9,14H2,1-2H3,(H,17,18). The summed E-state index contributed by atoms with van der Waals surface area (Å²) in [5.41, 5.74) is 5.13. The van der Waals surface area contributed by atoms with E-state index < -0.39 is 11.4 Å². The largest absolute Gasteiger partial charge is 0.481 e. The van der Waals surface area contributed by atoms with Gasteiger partial charge in [0.2, 0.25) is 5.91 Å². The Kier molecular flexibility index (Phi) is 5.14. The van der Waals surface area contributed by atoms with Gasteiger partial charge in [-0.1, -0.05) is 13.8 Å². The number of amides is 1. The van der Waals surface area contributed by atoms with Crippen LogP contribution in [-0.4, -0.2) is 41.0 Å². The van der Waals surface area contributed by atoms with Gasteiger partial charge in [0.25, 0.3) is 0 Å². The van der Waals surface area contributed by atoms with E-state index in [0.717, 1.165) is 6.42 Å². The maximum Gasteiger partial charge on any atom is 0.309 e. The first kappa shape index (κ1) is 15.0. The molecule has 18 heavy (non-hydrogen) atoms. The quantitative estimate of drug-likeness (QED) is 0.774. The summed E-state index contributed by atoms with van der Waals surface area (Å²) in [5, 5.41) is 9.27. The highest BCUT2D eigenvalue weighted by Crippen LogP contribution is 2.35. The summed E-state index contributed by atoms with van der Waals surface area (Å²) in [6.07, 6.45) is 2.87. The topological polar surface area (TPSA) is 83.6 Å². The van der Waals surface area contributed by atoms with Crippen molar-refractivity contribution in [3.8, 4) is 0 Å². The van der Waals surface area contributed by atoms with Gasteiger partial charge >= 0.3 is 5.97 Å². The van der Waals surface area contributed by atoms with Crippen LogP contribution >= 0.6 is 0 Å². The molecular weight excluding hydrogens is 232 g/mol. The molecular formula is C13H24N2O3. The normalized spacial score (nSPS) is 20.5. The minimum atomic E-state index is -0.734.